The van der Waals surface area contributed by atoms with Crippen molar-refractivity contribution >= 4 is 16.6 Å². The largest absolute Gasteiger partial charge is 0.284 e. The number of nitro benzene ring substituents is 1. The molecule has 0 saturated heterocycles. The highest BCUT2D eigenvalue weighted by Crippen LogP contribution is 2.18. The number of nitro groups is 1. The highest BCUT2D eigenvalue weighted by atomic mass is 16.6. The van der Waals surface area contributed by atoms with Gasteiger partial charge in [-0.25, -0.2) is 0 Å². The summed E-state index contributed by atoms with van der Waals surface area (Å²) in [4.78, 5) is 21.9. The van der Waals surface area contributed by atoms with Crippen molar-refractivity contribution < 1.29 is 4.92 Å². The first-order valence-electron chi connectivity index (χ1n) is 6.11. The first kappa shape index (κ1) is 13.1. The Labute approximate surface area is 109 Å². The minimum absolute atomic E-state index is 0.0672. The number of fused-ring (bicyclic) bond motifs is 1. The maximum atomic E-state index is 11.7. The molecule has 0 aliphatic carbocycles. The van der Waals surface area contributed by atoms with Gasteiger partial charge in [-0.3, -0.25) is 24.7 Å². The number of unbranched alkanes of at least 4 members (excludes halogenated alkanes) is 2. The van der Waals surface area contributed by atoms with Crippen molar-refractivity contribution in [3.05, 3.63) is 51.3 Å². The summed E-state index contributed by atoms with van der Waals surface area (Å²) in [6.45, 7) is 4.34. The van der Waals surface area contributed by atoms with Gasteiger partial charge in [0.25, 0.3) is 11.2 Å². The standard InChI is InChI=1S/C13H15N3O3/c1-2-3-4-5-8-15-12-7-6-10(16(18)19)9-11(12)13(17)14-15/h2,6-7,9H,1,3-5,8H2,(H,14,17). The number of hydrogen-bond donors (Lipinski definition) is 1. The van der Waals surface area contributed by atoms with Crippen LogP contribution in [0.4, 0.5) is 5.69 Å². The van der Waals surface area contributed by atoms with Gasteiger partial charge in [-0.15, -0.1) is 6.58 Å². The van der Waals surface area contributed by atoms with Crippen LogP contribution in [0.5, 0.6) is 0 Å². The Balaban J connectivity index is 2.29. The normalized spacial score (nSPS) is 10.7. The number of nitrogens with one attached hydrogen (secondary N) is 1. The SMILES string of the molecule is C=CCCCCn1[nH]c(=O)c2cc([N+](=O)[O-])ccc21. The summed E-state index contributed by atoms with van der Waals surface area (Å²) >= 11 is 0. The van der Waals surface area contributed by atoms with E-state index < -0.39 is 4.92 Å². The van der Waals surface area contributed by atoms with Crippen LogP contribution in [-0.2, 0) is 6.54 Å². The van der Waals surface area contributed by atoms with Crippen LogP contribution in [0.2, 0.25) is 0 Å². The Bertz CT molecular complexity index is 669. The lowest BCUT2D eigenvalue weighted by Gasteiger charge is -2.03. The number of rotatable bonds is 6. The minimum atomic E-state index is -0.500. The first-order chi connectivity index (χ1) is 9.13. The van der Waals surface area contributed by atoms with Crippen molar-refractivity contribution in [3.63, 3.8) is 0 Å². The van der Waals surface area contributed by atoms with Gasteiger partial charge < -0.3 is 0 Å². The highest BCUT2D eigenvalue weighted by molar-refractivity contribution is 5.80. The summed E-state index contributed by atoms with van der Waals surface area (Å²) in [5.74, 6) is 0. The molecule has 0 spiro atoms. The van der Waals surface area contributed by atoms with Crippen LogP contribution in [0.1, 0.15) is 19.3 Å². The van der Waals surface area contributed by atoms with E-state index in [1.165, 1.54) is 12.1 Å². The highest BCUT2D eigenvalue weighted by Gasteiger charge is 2.12. The van der Waals surface area contributed by atoms with Crippen LogP contribution in [0.15, 0.2) is 35.6 Å². The molecule has 2 rings (SSSR count). The molecule has 0 aliphatic heterocycles. The summed E-state index contributed by atoms with van der Waals surface area (Å²) in [6.07, 6.45) is 4.72. The van der Waals surface area contributed by atoms with Gasteiger partial charge in [0.2, 0.25) is 0 Å². The number of aromatic nitrogens is 2. The average Bonchev–Trinajstić information content (AvgIpc) is 2.71. The zero-order chi connectivity index (χ0) is 13.8. The van der Waals surface area contributed by atoms with E-state index in [-0.39, 0.29) is 11.2 Å². The van der Waals surface area contributed by atoms with Crippen molar-refractivity contribution in [3.8, 4) is 0 Å². The Kier molecular flexibility index (Phi) is 3.79. The van der Waals surface area contributed by atoms with Crippen LogP contribution in [0.3, 0.4) is 0 Å². The quantitative estimate of drug-likeness (QED) is 0.375. The summed E-state index contributed by atoms with van der Waals surface area (Å²) in [6, 6.07) is 4.34. The van der Waals surface area contributed by atoms with Gasteiger partial charge >= 0.3 is 0 Å². The molecule has 1 aromatic carbocycles. The Morgan fingerprint density at radius 2 is 2.21 bits per heavy atom. The maximum absolute atomic E-state index is 11.7. The molecule has 0 atom stereocenters. The molecule has 0 saturated carbocycles. The topological polar surface area (TPSA) is 80.9 Å². The summed E-state index contributed by atoms with van der Waals surface area (Å²) < 4.78 is 1.74. The fourth-order valence-corrected chi connectivity index (χ4v) is 2.03. The minimum Gasteiger partial charge on any atom is -0.284 e. The number of aromatic amines is 1. The van der Waals surface area contributed by atoms with E-state index >= 15 is 0 Å². The van der Waals surface area contributed by atoms with Crippen molar-refractivity contribution in [2.45, 2.75) is 25.8 Å². The fourth-order valence-electron chi connectivity index (χ4n) is 2.03. The Morgan fingerprint density at radius 3 is 2.89 bits per heavy atom. The van der Waals surface area contributed by atoms with Crippen molar-refractivity contribution in [1.82, 2.24) is 9.78 Å². The molecule has 19 heavy (non-hydrogen) atoms. The second-order valence-electron chi connectivity index (χ2n) is 4.34. The molecular weight excluding hydrogens is 246 g/mol. The maximum Gasteiger partial charge on any atom is 0.272 e. The van der Waals surface area contributed by atoms with E-state index in [9.17, 15) is 14.9 Å². The lowest BCUT2D eigenvalue weighted by Crippen LogP contribution is -2.05. The molecule has 0 unspecified atom stereocenters. The third kappa shape index (κ3) is 2.73. The number of non-ortho nitro benzene ring substituents is 1. The van der Waals surface area contributed by atoms with E-state index in [0.717, 1.165) is 19.3 Å². The van der Waals surface area contributed by atoms with Crippen molar-refractivity contribution in [2.24, 2.45) is 0 Å². The molecule has 6 heteroatoms. The number of nitrogens with zero attached hydrogens (tertiary/aromatic N) is 2. The summed E-state index contributed by atoms with van der Waals surface area (Å²) in [5, 5.41) is 13.8. The summed E-state index contributed by atoms with van der Waals surface area (Å²) in [5.41, 5.74) is 0.346. The molecule has 1 aromatic heterocycles. The lowest BCUT2D eigenvalue weighted by molar-refractivity contribution is -0.384. The molecule has 100 valence electrons. The first-order valence-corrected chi connectivity index (χ1v) is 6.11. The van der Waals surface area contributed by atoms with Gasteiger partial charge in [0.05, 0.1) is 15.8 Å². The molecule has 0 fully saturated rings. The number of allylic oxidation sites excluding steroid dienone is 1. The Morgan fingerprint density at radius 1 is 1.42 bits per heavy atom. The molecule has 1 heterocycles. The fraction of sp³-hybridized carbons (Fsp3) is 0.308. The summed E-state index contributed by atoms with van der Waals surface area (Å²) in [7, 11) is 0. The predicted molar refractivity (Wildman–Crippen MR) is 73.3 cm³/mol. The molecule has 0 aliphatic rings. The molecule has 2 aromatic rings. The van der Waals surface area contributed by atoms with E-state index in [1.807, 2.05) is 6.08 Å². The number of hydrogen-bond acceptors (Lipinski definition) is 3. The second kappa shape index (κ2) is 5.51. The van der Waals surface area contributed by atoms with Gasteiger partial charge in [-0.05, 0) is 25.3 Å². The molecule has 6 nitrogen and oxygen atoms in total. The molecule has 0 bridgehead atoms. The van der Waals surface area contributed by atoms with Crippen molar-refractivity contribution in [1.29, 1.82) is 0 Å². The molecular formula is C13H15N3O3. The lowest BCUT2D eigenvalue weighted by atomic mass is 10.2. The van der Waals surface area contributed by atoms with Gasteiger partial charge in [0.1, 0.15) is 0 Å². The second-order valence-corrected chi connectivity index (χ2v) is 4.34. The van der Waals surface area contributed by atoms with Crippen molar-refractivity contribution in [2.75, 3.05) is 0 Å². The Hall–Kier alpha value is -2.37. The zero-order valence-electron chi connectivity index (χ0n) is 10.5. The monoisotopic (exact) mass is 261 g/mol. The van der Waals surface area contributed by atoms with Crippen LogP contribution >= 0.6 is 0 Å². The van der Waals surface area contributed by atoms with Gasteiger partial charge in [0, 0.05) is 18.7 Å². The smallest absolute Gasteiger partial charge is 0.272 e. The molecule has 0 amide bonds. The van der Waals surface area contributed by atoms with Crippen LogP contribution < -0.4 is 5.56 Å². The van der Waals surface area contributed by atoms with Gasteiger partial charge in [0.15, 0.2) is 0 Å². The molecule has 1 N–H and O–H groups in total. The van der Waals surface area contributed by atoms with Gasteiger partial charge in [-0.1, -0.05) is 6.08 Å². The average molecular weight is 261 g/mol. The van der Waals surface area contributed by atoms with E-state index in [4.69, 9.17) is 0 Å². The third-order valence-corrected chi connectivity index (χ3v) is 3.00. The van der Waals surface area contributed by atoms with Gasteiger partial charge in [-0.2, -0.15) is 0 Å². The zero-order valence-corrected chi connectivity index (χ0v) is 10.5. The number of aryl methyl sites for hydroxylation is 1. The van der Waals surface area contributed by atoms with E-state index in [0.29, 0.717) is 17.4 Å². The molecule has 0 radical (unpaired) electrons. The van der Waals surface area contributed by atoms with Crippen LogP contribution in [-0.4, -0.2) is 14.7 Å². The predicted octanol–water partition coefficient (Wildman–Crippen LogP) is 2.59. The van der Waals surface area contributed by atoms with Crippen LogP contribution in [0.25, 0.3) is 10.9 Å². The van der Waals surface area contributed by atoms with E-state index in [2.05, 4.69) is 11.7 Å². The van der Waals surface area contributed by atoms with E-state index in [1.54, 1.807) is 10.7 Å². The number of H-pyrrole nitrogens is 1. The number of benzene rings is 1. The third-order valence-electron chi connectivity index (χ3n) is 3.00. The van der Waals surface area contributed by atoms with Crippen LogP contribution in [0, 0.1) is 10.1 Å².